The number of nitrogens with one attached hydrogen (secondary N) is 1. The number of rotatable bonds is 5. The summed E-state index contributed by atoms with van der Waals surface area (Å²) in [5.41, 5.74) is 2.03. The Balaban J connectivity index is 2.44. The van der Waals surface area contributed by atoms with Gasteiger partial charge in [0.25, 0.3) is 0 Å². The Morgan fingerprint density at radius 1 is 1.25 bits per heavy atom. The summed E-state index contributed by atoms with van der Waals surface area (Å²) >= 11 is 0. The molecule has 1 aromatic heterocycles. The topological polar surface area (TPSA) is 24.9 Å². The van der Waals surface area contributed by atoms with Crippen LogP contribution in [-0.4, -0.2) is 11.5 Å². The van der Waals surface area contributed by atoms with Gasteiger partial charge in [0.2, 0.25) is 0 Å². The summed E-state index contributed by atoms with van der Waals surface area (Å²) in [6.07, 6.45) is 3.64. The van der Waals surface area contributed by atoms with Crippen LogP contribution in [0, 0.1) is 18.6 Å². The molecule has 0 aliphatic heterocycles. The SMILES string of the molecule is CCCNC(c1cc(C)cc(F)c1)c1ccncc1F. The number of nitrogens with zero attached hydrogens (tertiary/aromatic N) is 1. The highest BCUT2D eigenvalue weighted by Crippen LogP contribution is 2.25. The molecule has 0 spiro atoms. The van der Waals surface area contributed by atoms with Gasteiger partial charge in [0.1, 0.15) is 11.6 Å². The molecule has 0 fully saturated rings. The molecule has 0 saturated carbocycles. The fraction of sp³-hybridized carbons (Fsp3) is 0.312. The minimum atomic E-state index is -0.386. The van der Waals surface area contributed by atoms with E-state index in [0.29, 0.717) is 5.56 Å². The maximum atomic E-state index is 14.0. The summed E-state index contributed by atoms with van der Waals surface area (Å²) in [5, 5.41) is 3.26. The van der Waals surface area contributed by atoms with E-state index in [1.807, 2.05) is 19.9 Å². The normalized spacial score (nSPS) is 12.4. The van der Waals surface area contributed by atoms with E-state index in [4.69, 9.17) is 0 Å². The Kier molecular flexibility index (Phi) is 4.79. The molecule has 4 heteroatoms. The Labute approximate surface area is 117 Å². The molecule has 2 rings (SSSR count). The lowest BCUT2D eigenvalue weighted by Gasteiger charge is -2.20. The Bertz CT molecular complexity index is 564. The number of hydrogen-bond acceptors (Lipinski definition) is 2. The third kappa shape index (κ3) is 3.39. The van der Waals surface area contributed by atoms with Gasteiger partial charge in [-0.1, -0.05) is 13.0 Å². The van der Waals surface area contributed by atoms with Crippen molar-refractivity contribution in [2.45, 2.75) is 26.3 Å². The molecule has 0 bridgehead atoms. The second-order valence-corrected chi connectivity index (χ2v) is 4.85. The molecule has 106 valence electrons. The minimum Gasteiger partial charge on any atom is -0.306 e. The third-order valence-electron chi connectivity index (χ3n) is 3.11. The van der Waals surface area contributed by atoms with Gasteiger partial charge in [-0.2, -0.15) is 0 Å². The summed E-state index contributed by atoms with van der Waals surface area (Å²) in [7, 11) is 0. The lowest BCUT2D eigenvalue weighted by molar-refractivity contribution is 0.539. The highest BCUT2D eigenvalue weighted by atomic mass is 19.1. The molecule has 1 unspecified atom stereocenters. The number of halogens is 2. The summed E-state index contributed by atoms with van der Waals surface area (Å²) in [6, 6.07) is 6.04. The summed E-state index contributed by atoms with van der Waals surface area (Å²) < 4.78 is 27.6. The van der Waals surface area contributed by atoms with Crippen molar-refractivity contribution in [1.82, 2.24) is 10.3 Å². The van der Waals surface area contributed by atoms with Crippen molar-refractivity contribution in [3.8, 4) is 0 Å². The van der Waals surface area contributed by atoms with Crippen LogP contribution in [0.5, 0.6) is 0 Å². The van der Waals surface area contributed by atoms with Crippen molar-refractivity contribution in [3.63, 3.8) is 0 Å². The minimum absolute atomic E-state index is 0.308. The zero-order valence-corrected chi connectivity index (χ0v) is 11.7. The first kappa shape index (κ1) is 14.6. The van der Waals surface area contributed by atoms with Crippen molar-refractivity contribution in [2.75, 3.05) is 6.54 Å². The van der Waals surface area contributed by atoms with Crippen LogP contribution in [0.2, 0.25) is 0 Å². The molecule has 0 amide bonds. The van der Waals surface area contributed by atoms with Crippen molar-refractivity contribution in [1.29, 1.82) is 0 Å². The number of benzene rings is 1. The molecule has 0 saturated heterocycles. The Morgan fingerprint density at radius 3 is 2.70 bits per heavy atom. The van der Waals surface area contributed by atoms with Crippen LogP contribution in [0.3, 0.4) is 0 Å². The molecule has 2 nitrogen and oxygen atoms in total. The van der Waals surface area contributed by atoms with Crippen molar-refractivity contribution >= 4 is 0 Å². The summed E-state index contributed by atoms with van der Waals surface area (Å²) in [6.45, 7) is 4.58. The average molecular weight is 276 g/mol. The lowest BCUT2D eigenvalue weighted by atomic mass is 9.97. The highest BCUT2D eigenvalue weighted by Gasteiger charge is 2.18. The van der Waals surface area contributed by atoms with Gasteiger partial charge in [0.05, 0.1) is 12.2 Å². The van der Waals surface area contributed by atoms with E-state index in [1.54, 1.807) is 12.3 Å². The van der Waals surface area contributed by atoms with Gasteiger partial charge < -0.3 is 5.32 Å². The summed E-state index contributed by atoms with van der Waals surface area (Å²) in [5.74, 6) is -0.694. The van der Waals surface area contributed by atoms with Crippen LogP contribution in [0.1, 0.15) is 36.1 Å². The maximum absolute atomic E-state index is 14.0. The van der Waals surface area contributed by atoms with E-state index in [-0.39, 0.29) is 17.7 Å². The molecule has 20 heavy (non-hydrogen) atoms. The van der Waals surface area contributed by atoms with Crippen LogP contribution < -0.4 is 5.32 Å². The molecular weight excluding hydrogens is 258 g/mol. The van der Waals surface area contributed by atoms with E-state index >= 15 is 0 Å². The van der Waals surface area contributed by atoms with Crippen molar-refractivity contribution < 1.29 is 8.78 Å². The predicted molar refractivity (Wildman–Crippen MR) is 75.5 cm³/mol. The fourth-order valence-corrected chi connectivity index (χ4v) is 2.25. The van der Waals surface area contributed by atoms with Crippen LogP contribution in [0.4, 0.5) is 8.78 Å². The van der Waals surface area contributed by atoms with Crippen LogP contribution in [0.15, 0.2) is 36.7 Å². The zero-order chi connectivity index (χ0) is 14.5. The average Bonchev–Trinajstić information content (AvgIpc) is 2.40. The first-order valence-corrected chi connectivity index (χ1v) is 6.71. The van der Waals surface area contributed by atoms with Crippen LogP contribution >= 0.6 is 0 Å². The van der Waals surface area contributed by atoms with Gasteiger partial charge in [-0.3, -0.25) is 4.98 Å². The van der Waals surface area contributed by atoms with E-state index in [1.165, 1.54) is 18.3 Å². The van der Waals surface area contributed by atoms with Gasteiger partial charge in [-0.15, -0.1) is 0 Å². The number of pyridine rings is 1. The quantitative estimate of drug-likeness (QED) is 0.899. The maximum Gasteiger partial charge on any atom is 0.146 e. The zero-order valence-electron chi connectivity index (χ0n) is 11.7. The van der Waals surface area contributed by atoms with Crippen LogP contribution in [-0.2, 0) is 0 Å². The Hall–Kier alpha value is -1.81. The van der Waals surface area contributed by atoms with Crippen molar-refractivity contribution in [2.24, 2.45) is 0 Å². The third-order valence-corrected chi connectivity index (χ3v) is 3.11. The first-order valence-electron chi connectivity index (χ1n) is 6.71. The second-order valence-electron chi connectivity index (χ2n) is 4.85. The smallest absolute Gasteiger partial charge is 0.146 e. The van der Waals surface area contributed by atoms with Gasteiger partial charge in [0.15, 0.2) is 0 Å². The van der Waals surface area contributed by atoms with E-state index in [9.17, 15) is 8.78 Å². The summed E-state index contributed by atoms with van der Waals surface area (Å²) in [4.78, 5) is 3.76. The van der Waals surface area contributed by atoms with E-state index in [0.717, 1.165) is 24.1 Å². The molecule has 1 N–H and O–H groups in total. The molecular formula is C16H18F2N2. The second kappa shape index (κ2) is 6.57. The van der Waals surface area contributed by atoms with Gasteiger partial charge >= 0.3 is 0 Å². The first-order chi connectivity index (χ1) is 9.61. The molecule has 0 radical (unpaired) electrons. The van der Waals surface area contributed by atoms with E-state index < -0.39 is 0 Å². The van der Waals surface area contributed by atoms with Crippen molar-refractivity contribution in [3.05, 3.63) is 65.0 Å². The van der Waals surface area contributed by atoms with Crippen LogP contribution in [0.25, 0.3) is 0 Å². The molecule has 1 atom stereocenters. The molecule has 0 aliphatic carbocycles. The standard InChI is InChI=1S/C16H18F2N2/c1-3-5-20-16(14-4-6-19-10-15(14)18)12-7-11(2)8-13(17)9-12/h4,6-10,16,20H,3,5H2,1-2H3. The molecule has 0 aliphatic rings. The Morgan fingerprint density at radius 2 is 2.05 bits per heavy atom. The number of aromatic nitrogens is 1. The largest absolute Gasteiger partial charge is 0.306 e. The van der Waals surface area contributed by atoms with E-state index in [2.05, 4.69) is 10.3 Å². The van der Waals surface area contributed by atoms with Gasteiger partial charge in [0, 0.05) is 11.8 Å². The molecule has 1 heterocycles. The monoisotopic (exact) mass is 276 g/mol. The van der Waals surface area contributed by atoms with Gasteiger partial charge in [-0.25, -0.2) is 8.78 Å². The number of hydrogen-bond donors (Lipinski definition) is 1. The lowest BCUT2D eigenvalue weighted by Crippen LogP contribution is -2.24. The predicted octanol–water partition coefficient (Wildman–Crippen LogP) is 3.76. The van der Waals surface area contributed by atoms with Gasteiger partial charge in [-0.05, 0) is 49.2 Å². The molecule has 1 aromatic carbocycles. The molecule has 2 aromatic rings. The highest BCUT2D eigenvalue weighted by molar-refractivity contribution is 5.34. The fourth-order valence-electron chi connectivity index (χ4n) is 2.25. The number of aryl methyl sites for hydroxylation is 1.